The third-order valence-corrected chi connectivity index (χ3v) is 3.39. The van der Waals surface area contributed by atoms with Crippen molar-refractivity contribution < 1.29 is 19.5 Å². The van der Waals surface area contributed by atoms with Crippen molar-refractivity contribution in [3.63, 3.8) is 0 Å². The average molecular weight is 299 g/mol. The van der Waals surface area contributed by atoms with E-state index in [2.05, 4.69) is 10.6 Å². The smallest absolute Gasteiger partial charge is 0.317 e. The Morgan fingerprint density at radius 2 is 2.00 bits per heavy atom. The van der Waals surface area contributed by atoms with E-state index >= 15 is 0 Å². The molecule has 0 aromatic carbocycles. The summed E-state index contributed by atoms with van der Waals surface area (Å²) in [6, 6.07) is -0.294. The van der Waals surface area contributed by atoms with Crippen LogP contribution in [0.3, 0.4) is 0 Å². The molecule has 0 bridgehead atoms. The second-order valence-corrected chi connectivity index (χ2v) is 5.80. The van der Waals surface area contributed by atoms with Crippen LogP contribution in [0.5, 0.6) is 0 Å². The number of aliphatic carboxylic acids is 1. The van der Waals surface area contributed by atoms with Crippen LogP contribution in [0.1, 0.15) is 33.1 Å². The highest BCUT2D eigenvalue weighted by molar-refractivity contribution is 5.79. The summed E-state index contributed by atoms with van der Waals surface area (Å²) in [5, 5.41) is 14.4. The van der Waals surface area contributed by atoms with Crippen LogP contribution in [0, 0.1) is 11.8 Å². The summed E-state index contributed by atoms with van der Waals surface area (Å²) in [7, 11) is 0. The Balaban J connectivity index is 2.24. The Morgan fingerprint density at radius 1 is 1.29 bits per heavy atom. The number of nitrogens with zero attached hydrogens (tertiary/aromatic N) is 1. The van der Waals surface area contributed by atoms with Crippen LogP contribution in [0.25, 0.3) is 0 Å². The van der Waals surface area contributed by atoms with E-state index in [1.54, 1.807) is 0 Å². The molecule has 7 heteroatoms. The first-order valence-corrected chi connectivity index (χ1v) is 7.42. The lowest BCUT2D eigenvalue weighted by Crippen LogP contribution is -2.47. The molecule has 1 atom stereocenters. The van der Waals surface area contributed by atoms with Gasteiger partial charge in [-0.25, -0.2) is 4.79 Å². The van der Waals surface area contributed by atoms with E-state index in [0.29, 0.717) is 31.8 Å². The summed E-state index contributed by atoms with van der Waals surface area (Å²) in [4.78, 5) is 35.8. The zero-order valence-corrected chi connectivity index (χ0v) is 12.7. The number of likely N-dealkylation sites (tertiary alicyclic amines) is 1. The maximum atomic E-state index is 11.9. The molecular weight excluding hydrogens is 274 g/mol. The van der Waals surface area contributed by atoms with E-state index in [1.807, 2.05) is 13.8 Å². The first-order valence-electron chi connectivity index (χ1n) is 7.42. The van der Waals surface area contributed by atoms with Gasteiger partial charge in [-0.1, -0.05) is 13.8 Å². The molecule has 7 nitrogen and oxygen atoms in total. The summed E-state index contributed by atoms with van der Waals surface area (Å²) in [6.45, 7) is 5.71. The van der Waals surface area contributed by atoms with Crippen LogP contribution in [0.2, 0.25) is 0 Å². The summed E-state index contributed by atoms with van der Waals surface area (Å²) in [5.41, 5.74) is 0. The number of carbonyl (C=O) groups excluding carboxylic acids is 2. The first-order chi connectivity index (χ1) is 9.90. The van der Waals surface area contributed by atoms with Gasteiger partial charge in [0.1, 0.15) is 0 Å². The highest BCUT2D eigenvalue weighted by atomic mass is 16.4. The molecule has 1 rings (SSSR count). The van der Waals surface area contributed by atoms with Crippen molar-refractivity contribution in [3.8, 4) is 0 Å². The van der Waals surface area contributed by atoms with Gasteiger partial charge < -0.3 is 20.6 Å². The minimum absolute atomic E-state index is 0.0916. The van der Waals surface area contributed by atoms with Gasteiger partial charge in [0.2, 0.25) is 5.91 Å². The third-order valence-electron chi connectivity index (χ3n) is 3.39. The number of nitrogens with one attached hydrogen (secondary N) is 2. The van der Waals surface area contributed by atoms with Crippen molar-refractivity contribution in [3.05, 3.63) is 0 Å². The molecule has 1 saturated heterocycles. The van der Waals surface area contributed by atoms with Crippen molar-refractivity contribution in [2.24, 2.45) is 11.8 Å². The van der Waals surface area contributed by atoms with Crippen molar-refractivity contribution in [1.82, 2.24) is 15.5 Å². The second-order valence-electron chi connectivity index (χ2n) is 5.80. The first kappa shape index (κ1) is 17.3. The van der Waals surface area contributed by atoms with Crippen LogP contribution in [-0.4, -0.2) is 54.1 Å². The Bertz CT molecular complexity index is 384. The quantitative estimate of drug-likeness (QED) is 0.671. The number of urea groups is 1. The molecule has 0 aromatic rings. The molecule has 3 N–H and O–H groups in total. The van der Waals surface area contributed by atoms with Gasteiger partial charge in [-0.3, -0.25) is 9.59 Å². The van der Waals surface area contributed by atoms with Gasteiger partial charge in [0.05, 0.1) is 5.92 Å². The second kappa shape index (κ2) is 8.49. The molecule has 3 amide bonds. The fourth-order valence-electron chi connectivity index (χ4n) is 2.16. The van der Waals surface area contributed by atoms with Crippen LogP contribution in [-0.2, 0) is 9.59 Å². The lowest BCUT2D eigenvalue weighted by molar-refractivity contribution is -0.143. The summed E-state index contributed by atoms with van der Waals surface area (Å²) in [6.07, 6.45) is 1.53. The number of carboxylic acids is 1. The zero-order chi connectivity index (χ0) is 15.8. The average Bonchev–Trinajstić information content (AvgIpc) is 2.45. The molecule has 0 saturated carbocycles. The molecule has 1 unspecified atom stereocenters. The zero-order valence-electron chi connectivity index (χ0n) is 12.7. The van der Waals surface area contributed by atoms with E-state index < -0.39 is 11.9 Å². The molecule has 0 aliphatic carbocycles. The Kier molecular flexibility index (Phi) is 6.98. The minimum atomic E-state index is -0.861. The number of carboxylic acid groups (broad SMARTS) is 1. The SMILES string of the molecule is CC(C)CNC(=O)CCNC(=O)N1CCCC(C(=O)O)C1. The molecule has 0 spiro atoms. The molecule has 0 aromatic heterocycles. The van der Waals surface area contributed by atoms with Gasteiger partial charge in [-0.2, -0.15) is 0 Å². The maximum absolute atomic E-state index is 11.9. The molecular formula is C14H25N3O4. The van der Waals surface area contributed by atoms with Crippen LogP contribution < -0.4 is 10.6 Å². The van der Waals surface area contributed by atoms with Gasteiger partial charge in [-0.05, 0) is 18.8 Å². The third kappa shape index (κ3) is 6.46. The molecule has 1 heterocycles. The fraction of sp³-hybridized carbons (Fsp3) is 0.786. The van der Waals surface area contributed by atoms with Crippen LogP contribution >= 0.6 is 0 Å². The normalized spacial score (nSPS) is 18.4. The number of hydrogen-bond acceptors (Lipinski definition) is 3. The largest absolute Gasteiger partial charge is 0.481 e. The van der Waals surface area contributed by atoms with Crippen LogP contribution in [0.4, 0.5) is 4.79 Å². The lowest BCUT2D eigenvalue weighted by atomic mass is 9.99. The highest BCUT2D eigenvalue weighted by Gasteiger charge is 2.27. The number of amides is 3. The topological polar surface area (TPSA) is 98.7 Å². The number of piperidine rings is 1. The highest BCUT2D eigenvalue weighted by Crippen LogP contribution is 2.16. The Labute approximate surface area is 125 Å². The van der Waals surface area contributed by atoms with Gasteiger partial charge in [0, 0.05) is 32.6 Å². The Morgan fingerprint density at radius 3 is 2.62 bits per heavy atom. The molecule has 1 aliphatic heterocycles. The maximum Gasteiger partial charge on any atom is 0.317 e. The summed E-state index contributed by atoms with van der Waals surface area (Å²) >= 11 is 0. The van der Waals surface area contributed by atoms with E-state index in [9.17, 15) is 14.4 Å². The fourth-order valence-corrected chi connectivity index (χ4v) is 2.16. The molecule has 120 valence electrons. The predicted octanol–water partition coefficient (Wildman–Crippen LogP) is 0.655. The molecule has 1 fully saturated rings. The van der Waals surface area contributed by atoms with E-state index in [4.69, 9.17) is 5.11 Å². The molecule has 0 radical (unpaired) electrons. The monoisotopic (exact) mass is 299 g/mol. The van der Waals surface area contributed by atoms with Gasteiger partial charge in [0.15, 0.2) is 0 Å². The van der Waals surface area contributed by atoms with E-state index in [-0.39, 0.29) is 31.4 Å². The van der Waals surface area contributed by atoms with E-state index in [0.717, 1.165) is 0 Å². The van der Waals surface area contributed by atoms with Gasteiger partial charge in [0.25, 0.3) is 0 Å². The number of hydrogen-bond donors (Lipinski definition) is 3. The van der Waals surface area contributed by atoms with Gasteiger partial charge >= 0.3 is 12.0 Å². The predicted molar refractivity (Wildman–Crippen MR) is 77.8 cm³/mol. The van der Waals surface area contributed by atoms with E-state index in [1.165, 1.54) is 4.90 Å². The van der Waals surface area contributed by atoms with Crippen molar-refractivity contribution in [2.45, 2.75) is 33.1 Å². The Hall–Kier alpha value is -1.79. The summed E-state index contributed by atoms with van der Waals surface area (Å²) in [5.74, 6) is -1.05. The minimum Gasteiger partial charge on any atom is -0.481 e. The van der Waals surface area contributed by atoms with Crippen molar-refractivity contribution in [1.29, 1.82) is 0 Å². The molecule has 21 heavy (non-hydrogen) atoms. The van der Waals surface area contributed by atoms with Gasteiger partial charge in [-0.15, -0.1) is 0 Å². The van der Waals surface area contributed by atoms with Crippen molar-refractivity contribution in [2.75, 3.05) is 26.2 Å². The number of rotatable bonds is 6. The summed E-state index contributed by atoms with van der Waals surface area (Å²) < 4.78 is 0. The lowest BCUT2D eigenvalue weighted by Gasteiger charge is -2.30. The van der Waals surface area contributed by atoms with Crippen LogP contribution in [0.15, 0.2) is 0 Å². The van der Waals surface area contributed by atoms with Crippen molar-refractivity contribution >= 4 is 17.9 Å². The number of carbonyl (C=O) groups is 3. The molecule has 1 aliphatic rings. The standard InChI is InChI=1S/C14H25N3O4/c1-10(2)8-16-12(18)5-6-15-14(21)17-7-3-4-11(9-17)13(19)20/h10-11H,3-9H2,1-2H3,(H,15,21)(H,16,18)(H,19,20).